The van der Waals surface area contributed by atoms with Gasteiger partial charge in [-0.2, -0.15) is 0 Å². The fraction of sp³-hybridized carbons (Fsp3) is 0.0909. The van der Waals surface area contributed by atoms with Gasteiger partial charge in [0.1, 0.15) is 11.6 Å². The topological polar surface area (TPSA) is 87.4 Å². The molecule has 0 spiro atoms. The molecular formula is C22H16Cl2FN3O3. The Kier molecular flexibility index (Phi) is 5.82. The Labute approximate surface area is 186 Å². The number of hydrogen-bond acceptors (Lipinski definition) is 4. The molecule has 0 fully saturated rings. The third kappa shape index (κ3) is 4.34. The van der Waals surface area contributed by atoms with E-state index in [1.165, 1.54) is 36.7 Å². The number of fused-ring (bicyclic) bond motifs is 1. The van der Waals surface area contributed by atoms with Crippen molar-refractivity contribution in [1.29, 1.82) is 0 Å². The van der Waals surface area contributed by atoms with Gasteiger partial charge in [-0.25, -0.2) is 4.39 Å². The molecule has 0 saturated carbocycles. The molecule has 4 rings (SSSR count). The van der Waals surface area contributed by atoms with Crippen LogP contribution in [0, 0.1) is 5.82 Å². The Morgan fingerprint density at radius 2 is 1.81 bits per heavy atom. The average molecular weight is 460 g/mol. The van der Waals surface area contributed by atoms with Gasteiger partial charge in [-0.3, -0.25) is 9.78 Å². The summed E-state index contributed by atoms with van der Waals surface area (Å²) >= 11 is 12.1. The summed E-state index contributed by atoms with van der Waals surface area (Å²) in [6, 6.07) is 10.7. The number of phenolic OH excluding ortho intramolecular Hbond substituents is 1. The van der Waals surface area contributed by atoms with E-state index in [0.717, 1.165) is 5.56 Å². The number of aromatic hydroxyl groups is 1. The van der Waals surface area contributed by atoms with Crippen molar-refractivity contribution in [3.8, 4) is 5.75 Å². The highest BCUT2D eigenvalue weighted by Crippen LogP contribution is 2.33. The van der Waals surface area contributed by atoms with Crippen molar-refractivity contribution in [1.82, 2.24) is 9.55 Å². The van der Waals surface area contributed by atoms with E-state index in [0.29, 0.717) is 17.4 Å². The minimum atomic E-state index is -1.57. The van der Waals surface area contributed by atoms with Gasteiger partial charge in [0, 0.05) is 41.6 Å². The number of anilines is 1. The van der Waals surface area contributed by atoms with Gasteiger partial charge >= 0.3 is 0 Å². The Balaban J connectivity index is 1.70. The van der Waals surface area contributed by atoms with Crippen LogP contribution in [0.25, 0.3) is 10.9 Å². The number of aliphatic hydroxyl groups excluding tert-OH is 1. The second-order valence-corrected chi connectivity index (χ2v) is 7.72. The molecule has 3 N–H and O–H groups in total. The lowest BCUT2D eigenvalue weighted by molar-refractivity contribution is -0.124. The zero-order valence-corrected chi connectivity index (χ0v) is 17.4. The minimum Gasteiger partial charge on any atom is -0.508 e. The van der Waals surface area contributed by atoms with E-state index in [4.69, 9.17) is 23.2 Å². The predicted molar refractivity (Wildman–Crippen MR) is 117 cm³/mol. The number of aliphatic hydroxyl groups is 1. The first kappa shape index (κ1) is 21.1. The van der Waals surface area contributed by atoms with E-state index in [-0.39, 0.29) is 32.9 Å². The molecule has 2 aromatic heterocycles. The lowest BCUT2D eigenvalue weighted by Crippen LogP contribution is -2.21. The van der Waals surface area contributed by atoms with Crippen molar-refractivity contribution in [3.05, 3.63) is 88.0 Å². The molecule has 0 aliphatic carbocycles. The summed E-state index contributed by atoms with van der Waals surface area (Å²) in [7, 11) is 0. The second-order valence-electron chi connectivity index (χ2n) is 6.91. The van der Waals surface area contributed by atoms with Crippen molar-refractivity contribution >= 4 is 45.7 Å². The Hall–Kier alpha value is -3.13. The fourth-order valence-electron chi connectivity index (χ4n) is 3.31. The van der Waals surface area contributed by atoms with Crippen LogP contribution in [0.3, 0.4) is 0 Å². The van der Waals surface area contributed by atoms with Crippen molar-refractivity contribution in [3.63, 3.8) is 0 Å². The average Bonchev–Trinajstić information content (AvgIpc) is 3.09. The Morgan fingerprint density at radius 1 is 1.13 bits per heavy atom. The Bertz CT molecular complexity index is 1250. The molecule has 158 valence electrons. The molecule has 1 amide bonds. The Morgan fingerprint density at radius 3 is 2.48 bits per heavy atom. The van der Waals surface area contributed by atoms with Crippen LogP contribution in [0.2, 0.25) is 10.0 Å². The molecular weight excluding hydrogens is 444 g/mol. The first-order valence-corrected chi connectivity index (χ1v) is 9.93. The summed E-state index contributed by atoms with van der Waals surface area (Å²) in [5.41, 5.74) is 1.93. The summed E-state index contributed by atoms with van der Waals surface area (Å²) in [4.78, 5) is 16.6. The van der Waals surface area contributed by atoms with Gasteiger partial charge in [-0.1, -0.05) is 35.3 Å². The molecule has 0 aliphatic rings. The van der Waals surface area contributed by atoms with Gasteiger partial charge < -0.3 is 20.1 Å². The maximum absolute atomic E-state index is 13.2. The number of halogens is 3. The quantitative estimate of drug-likeness (QED) is 0.395. The molecule has 1 atom stereocenters. The number of carbonyl (C=O) groups is 1. The number of nitrogens with zero attached hydrogens (tertiary/aromatic N) is 2. The third-order valence-electron chi connectivity index (χ3n) is 4.81. The van der Waals surface area contributed by atoms with Crippen molar-refractivity contribution < 1.29 is 19.4 Å². The number of carbonyl (C=O) groups excluding carboxylic acids is 1. The molecule has 0 radical (unpaired) electrons. The molecule has 0 aliphatic heterocycles. The molecule has 1 unspecified atom stereocenters. The number of pyridine rings is 1. The predicted octanol–water partition coefficient (Wildman–Crippen LogP) is 4.91. The molecule has 6 nitrogen and oxygen atoms in total. The largest absolute Gasteiger partial charge is 0.508 e. The fourth-order valence-corrected chi connectivity index (χ4v) is 3.77. The monoisotopic (exact) mass is 459 g/mol. The van der Waals surface area contributed by atoms with Gasteiger partial charge in [-0.05, 0) is 35.9 Å². The molecule has 9 heteroatoms. The van der Waals surface area contributed by atoms with Crippen molar-refractivity contribution in [2.45, 2.75) is 12.6 Å². The highest BCUT2D eigenvalue weighted by atomic mass is 35.5. The second kappa shape index (κ2) is 8.55. The van der Waals surface area contributed by atoms with Crippen LogP contribution in [0.5, 0.6) is 5.75 Å². The minimum absolute atomic E-state index is 0.0129. The highest BCUT2D eigenvalue weighted by molar-refractivity contribution is 6.39. The van der Waals surface area contributed by atoms with Gasteiger partial charge in [0.2, 0.25) is 0 Å². The molecule has 0 bridgehead atoms. The zero-order chi connectivity index (χ0) is 22.1. The van der Waals surface area contributed by atoms with E-state index in [1.54, 1.807) is 29.0 Å². The van der Waals surface area contributed by atoms with Crippen molar-refractivity contribution in [2.75, 3.05) is 5.32 Å². The molecule has 2 heterocycles. The number of nitrogens with one attached hydrogen (secondary N) is 1. The van der Waals surface area contributed by atoms with Crippen LogP contribution in [0.4, 0.5) is 10.1 Å². The smallest absolute Gasteiger partial charge is 0.258 e. The maximum atomic E-state index is 13.2. The molecule has 4 aromatic rings. The van der Waals surface area contributed by atoms with Crippen LogP contribution in [0.1, 0.15) is 17.2 Å². The lowest BCUT2D eigenvalue weighted by Gasteiger charge is -2.13. The number of aromatic nitrogens is 2. The number of amides is 1. The summed E-state index contributed by atoms with van der Waals surface area (Å²) in [5, 5.41) is 24.0. The van der Waals surface area contributed by atoms with Gasteiger partial charge in [-0.15, -0.1) is 0 Å². The lowest BCUT2D eigenvalue weighted by atomic mass is 10.1. The summed E-state index contributed by atoms with van der Waals surface area (Å²) < 4.78 is 15.0. The van der Waals surface area contributed by atoms with Gasteiger partial charge in [0.15, 0.2) is 6.10 Å². The number of phenols is 1. The van der Waals surface area contributed by atoms with Crippen LogP contribution in [-0.4, -0.2) is 25.7 Å². The van der Waals surface area contributed by atoms with Gasteiger partial charge in [0.05, 0.1) is 15.7 Å². The van der Waals surface area contributed by atoms with E-state index in [2.05, 4.69) is 10.3 Å². The highest BCUT2D eigenvalue weighted by Gasteiger charge is 2.24. The number of rotatable bonds is 5. The zero-order valence-electron chi connectivity index (χ0n) is 15.9. The normalized spacial score (nSPS) is 12.1. The maximum Gasteiger partial charge on any atom is 0.258 e. The summed E-state index contributed by atoms with van der Waals surface area (Å²) in [6.45, 7) is 0.373. The number of benzene rings is 2. The van der Waals surface area contributed by atoms with Crippen LogP contribution >= 0.6 is 23.2 Å². The van der Waals surface area contributed by atoms with E-state index in [1.807, 2.05) is 0 Å². The van der Waals surface area contributed by atoms with Crippen molar-refractivity contribution in [2.24, 2.45) is 0 Å². The summed E-state index contributed by atoms with van der Waals surface area (Å²) in [6.07, 6.45) is 2.69. The number of hydrogen-bond donors (Lipinski definition) is 3. The summed E-state index contributed by atoms with van der Waals surface area (Å²) in [5.74, 6) is -1.10. The molecule has 2 aromatic carbocycles. The van der Waals surface area contributed by atoms with E-state index < -0.39 is 12.0 Å². The van der Waals surface area contributed by atoms with E-state index in [9.17, 15) is 19.4 Å². The van der Waals surface area contributed by atoms with Crippen LogP contribution < -0.4 is 5.32 Å². The van der Waals surface area contributed by atoms with Gasteiger partial charge in [0.25, 0.3) is 5.91 Å². The standard InChI is InChI=1S/C22H16Cl2FN3O3/c23-17-8-26-9-18(24)20(17)27-22(31)21(30)16-11-28(10-12-1-3-13(25)4-2-12)19-6-5-14(29)7-15(16)19/h1-9,11,21,29-30H,10H2,(H,26,27,31). The first-order valence-electron chi connectivity index (χ1n) is 9.17. The molecule has 31 heavy (non-hydrogen) atoms. The van der Waals surface area contributed by atoms with Crippen LogP contribution in [0.15, 0.2) is 61.1 Å². The third-order valence-corrected chi connectivity index (χ3v) is 5.38. The van der Waals surface area contributed by atoms with E-state index >= 15 is 0 Å². The first-order chi connectivity index (χ1) is 14.8. The SMILES string of the molecule is O=C(Nc1c(Cl)cncc1Cl)C(O)c1cn(Cc2ccc(F)cc2)c2ccc(O)cc12. The molecule has 0 saturated heterocycles. The van der Waals surface area contributed by atoms with Crippen LogP contribution in [-0.2, 0) is 11.3 Å².